The third-order valence-electron chi connectivity index (χ3n) is 3.15. The number of nitrogens with zero attached hydrogens (tertiary/aromatic N) is 2. The van der Waals surface area contributed by atoms with Gasteiger partial charge in [0.2, 0.25) is 0 Å². The molecule has 0 aliphatic rings. The van der Waals surface area contributed by atoms with E-state index in [1.807, 2.05) is 18.2 Å². The fourth-order valence-electron chi connectivity index (χ4n) is 2.10. The zero-order valence-electron chi connectivity index (χ0n) is 11.4. The van der Waals surface area contributed by atoms with Gasteiger partial charge in [-0.1, -0.05) is 43.7 Å². The summed E-state index contributed by atoms with van der Waals surface area (Å²) in [5, 5.41) is 9.24. The Bertz CT molecular complexity index is 612. The Morgan fingerprint density at radius 1 is 1.25 bits per heavy atom. The van der Waals surface area contributed by atoms with Crippen LogP contribution in [0.1, 0.15) is 40.9 Å². The first-order valence-corrected chi connectivity index (χ1v) is 6.70. The third kappa shape index (κ3) is 3.10. The number of ketones is 1. The molecule has 0 radical (unpaired) electrons. The van der Waals surface area contributed by atoms with Crippen molar-refractivity contribution in [2.45, 2.75) is 25.7 Å². The minimum absolute atomic E-state index is 0.200. The number of nitriles is 1. The first-order chi connectivity index (χ1) is 9.76. The van der Waals surface area contributed by atoms with Crippen LogP contribution in [0.5, 0.6) is 0 Å². The molecule has 1 aromatic carbocycles. The number of Topliss-reactive ketones (excluding diaryl/α,β-unsaturated/α-hetero) is 1. The molecule has 1 atom stereocenters. The number of benzene rings is 1. The Morgan fingerprint density at radius 3 is 2.55 bits per heavy atom. The monoisotopic (exact) mass is 264 g/mol. The molecular formula is C17H16N2O. The lowest BCUT2D eigenvalue weighted by Gasteiger charge is -2.08. The highest BCUT2D eigenvalue weighted by atomic mass is 16.1. The molecule has 3 heteroatoms. The second-order valence-electron chi connectivity index (χ2n) is 4.63. The van der Waals surface area contributed by atoms with Crippen LogP contribution in [-0.2, 0) is 6.42 Å². The number of aryl methyl sites for hydroxylation is 1. The summed E-state index contributed by atoms with van der Waals surface area (Å²) in [5.74, 6) is -1.04. The van der Waals surface area contributed by atoms with E-state index in [-0.39, 0.29) is 5.78 Å². The average Bonchev–Trinajstić information content (AvgIpc) is 2.50. The number of hydrogen-bond acceptors (Lipinski definition) is 3. The standard InChI is InChI=1S/C17H16N2O/c1-2-5-13-7-9-14(10-8-13)17(20)15(12-18)16-6-3-4-11-19-16/h3-4,6-11,15H,2,5H2,1H3. The largest absolute Gasteiger partial charge is 0.292 e. The summed E-state index contributed by atoms with van der Waals surface area (Å²) < 4.78 is 0. The number of carbonyl (C=O) groups is 1. The van der Waals surface area contributed by atoms with Crippen molar-refractivity contribution >= 4 is 5.78 Å². The average molecular weight is 264 g/mol. The summed E-state index contributed by atoms with van der Waals surface area (Å²) in [5.41, 5.74) is 2.26. The van der Waals surface area contributed by atoms with Gasteiger partial charge in [0.1, 0.15) is 0 Å². The van der Waals surface area contributed by atoms with E-state index in [0.29, 0.717) is 11.3 Å². The van der Waals surface area contributed by atoms with Crippen LogP contribution in [0.25, 0.3) is 0 Å². The molecule has 0 aliphatic heterocycles. The molecule has 0 spiro atoms. The van der Waals surface area contributed by atoms with Crippen molar-refractivity contribution < 1.29 is 4.79 Å². The summed E-state index contributed by atoms with van der Waals surface area (Å²) in [6.45, 7) is 2.12. The Morgan fingerprint density at radius 2 is 2.00 bits per heavy atom. The number of pyridine rings is 1. The Hall–Kier alpha value is -2.47. The van der Waals surface area contributed by atoms with Gasteiger partial charge in [0.05, 0.1) is 11.8 Å². The highest BCUT2D eigenvalue weighted by molar-refractivity contribution is 6.02. The molecule has 1 heterocycles. The maximum absolute atomic E-state index is 12.4. The third-order valence-corrected chi connectivity index (χ3v) is 3.15. The van der Waals surface area contributed by atoms with Crippen LogP contribution in [0, 0.1) is 11.3 Å². The van der Waals surface area contributed by atoms with Crippen LogP contribution in [0.3, 0.4) is 0 Å². The van der Waals surface area contributed by atoms with E-state index in [9.17, 15) is 10.1 Å². The zero-order chi connectivity index (χ0) is 14.4. The number of carbonyl (C=O) groups excluding carboxylic acids is 1. The van der Waals surface area contributed by atoms with E-state index >= 15 is 0 Å². The van der Waals surface area contributed by atoms with Crippen molar-refractivity contribution in [3.63, 3.8) is 0 Å². The van der Waals surface area contributed by atoms with E-state index < -0.39 is 5.92 Å². The molecule has 0 amide bonds. The predicted molar refractivity (Wildman–Crippen MR) is 77.4 cm³/mol. The van der Waals surface area contributed by atoms with Crippen LogP contribution in [-0.4, -0.2) is 10.8 Å². The van der Waals surface area contributed by atoms with Gasteiger partial charge >= 0.3 is 0 Å². The number of hydrogen-bond donors (Lipinski definition) is 0. The molecule has 2 aromatic rings. The molecule has 0 fully saturated rings. The van der Waals surface area contributed by atoms with Gasteiger partial charge in [-0.05, 0) is 24.1 Å². The quantitative estimate of drug-likeness (QED) is 0.776. The Balaban J connectivity index is 2.23. The van der Waals surface area contributed by atoms with Gasteiger partial charge in [-0.3, -0.25) is 9.78 Å². The fraction of sp³-hybridized carbons (Fsp3) is 0.235. The van der Waals surface area contributed by atoms with Gasteiger partial charge in [0.15, 0.2) is 11.7 Å². The lowest BCUT2D eigenvalue weighted by atomic mass is 9.94. The highest BCUT2D eigenvalue weighted by Gasteiger charge is 2.22. The van der Waals surface area contributed by atoms with Crippen molar-refractivity contribution in [3.8, 4) is 6.07 Å². The van der Waals surface area contributed by atoms with Crippen molar-refractivity contribution in [2.75, 3.05) is 0 Å². The molecule has 1 aromatic heterocycles. The van der Waals surface area contributed by atoms with Crippen molar-refractivity contribution in [3.05, 3.63) is 65.5 Å². The van der Waals surface area contributed by atoms with Gasteiger partial charge in [-0.2, -0.15) is 5.26 Å². The Kier molecular flexibility index (Phi) is 4.62. The summed E-state index contributed by atoms with van der Waals surface area (Å²) in [4.78, 5) is 16.5. The molecule has 100 valence electrons. The van der Waals surface area contributed by atoms with E-state index in [2.05, 4.69) is 11.9 Å². The van der Waals surface area contributed by atoms with Gasteiger partial charge < -0.3 is 0 Å². The molecule has 0 aliphatic carbocycles. The Labute approximate surface area is 118 Å². The predicted octanol–water partition coefficient (Wildman–Crippen LogP) is 3.52. The fourth-order valence-corrected chi connectivity index (χ4v) is 2.10. The summed E-state index contributed by atoms with van der Waals surface area (Å²) in [6.07, 6.45) is 3.66. The maximum atomic E-state index is 12.4. The maximum Gasteiger partial charge on any atom is 0.186 e. The molecule has 0 saturated carbocycles. The van der Waals surface area contributed by atoms with Crippen LogP contribution in [0.2, 0.25) is 0 Å². The number of rotatable bonds is 5. The number of aromatic nitrogens is 1. The summed E-state index contributed by atoms with van der Waals surface area (Å²) in [7, 11) is 0. The molecule has 0 N–H and O–H groups in total. The van der Waals surface area contributed by atoms with E-state index in [1.54, 1.807) is 36.5 Å². The SMILES string of the molecule is CCCc1ccc(C(=O)C(C#N)c2ccccn2)cc1. The van der Waals surface area contributed by atoms with Gasteiger partial charge in [0.25, 0.3) is 0 Å². The zero-order valence-corrected chi connectivity index (χ0v) is 11.4. The smallest absolute Gasteiger partial charge is 0.186 e. The molecular weight excluding hydrogens is 248 g/mol. The minimum Gasteiger partial charge on any atom is -0.292 e. The summed E-state index contributed by atoms with van der Waals surface area (Å²) >= 11 is 0. The van der Waals surface area contributed by atoms with E-state index in [4.69, 9.17) is 0 Å². The second kappa shape index (κ2) is 6.63. The van der Waals surface area contributed by atoms with E-state index in [0.717, 1.165) is 12.8 Å². The molecule has 2 rings (SSSR count). The highest BCUT2D eigenvalue weighted by Crippen LogP contribution is 2.19. The minimum atomic E-state index is -0.840. The second-order valence-corrected chi connectivity index (χ2v) is 4.63. The normalized spacial score (nSPS) is 11.6. The first-order valence-electron chi connectivity index (χ1n) is 6.70. The lowest BCUT2D eigenvalue weighted by Crippen LogP contribution is -2.12. The molecule has 0 saturated heterocycles. The van der Waals surface area contributed by atoms with Gasteiger partial charge in [-0.15, -0.1) is 0 Å². The van der Waals surface area contributed by atoms with E-state index in [1.165, 1.54) is 5.56 Å². The van der Waals surface area contributed by atoms with Crippen molar-refractivity contribution in [1.82, 2.24) is 4.98 Å². The molecule has 1 unspecified atom stereocenters. The van der Waals surface area contributed by atoms with Crippen LogP contribution >= 0.6 is 0 Å². The lowest BCUT2D eigenvalue weighted by molar-refractivity contribution is 0.0977. The van der Waals surface area contributed by atoms with Crippen molar-refractivity contribution in [2.24, 2.45) is 0 Å². The molecule has 3 nitrogen and oxygen atoms in total. The van der Waals surface area contributed by atoms with Crippen molar-refractivity contribution in [1.29, 1.82) is 5.26 Å². The van der Waals surface area contributed by atoms with Crippen LogP contribution in [0.15, 0.2) is 48.7 Å². The molecule has 20 heavy (non-hydrogen) atoms. The van der Waals surface area contributed by atoms with Crippen LogP contribution < -0.4 is 0 Å². The molecule has 0 bridgehead atoms. The first kappa shape index (κ1) is 14.0. The van der Waals surface area contributed by atoms with Crippen LogP contribution in [0.4, 0.5) is 0 Å². The van der Waals surface area contributed by atoms with Gasteiger partial charge in [-0.25, -0.2) is 0 Å². The topological polar surface area (TPSA) is 53.8 Å². The van der Waals surface area contributed by atoms with Gasteiger partial charge in [0, 0.05) is 11.8 Å². The summed E-state index contributed by atoms with van der Waals surface area (Å²) in [6, 6.07) is 14.8.